The van der Waals surface area contributed by atoms with Gasteiger partial charge in [0.05, 0.1) is 19.8 Å². The van der Waals surface area contributed by atoms with Crippen LogP contribution in [0.25, 0.3) is 10.8 Å². The van der Waals surface area contributed by atoms with Crippen LogP contribution < -0.4 is 19.5 Å². The molecule has 0 saturated heterocycles. The van der Waals surface area contributed by atoms with Gasteiger partial charge >= 0.3 is 5.97 Å². The number of nitrogens with one attached hydrogen (secondary N) is 1. The summed E-state index contributed by atoms with van der Waals surface area (Å²) in [5.74, 6) is -0.953. The Morgan fingerprint density at radius 3 is 2.20 bits per heavy atom. The highest BCUT2D eigenvalue weighted by Gasteiger charge is 2.30. The number of ether oxygens (including phenoxy) is 3. The lowest BCUT2D eigenvalue weighted by Gasteiger charge is -2.26. The summed E-state index contributed by atoms with van der Waals surface area (Å²) >= 11 is 0. The molecule has 0 fully saturated rings. The van der Waals surface area contributed by atoms with E-state index in [2.05, 4.69) is 10.3 Å². The van der Waals surface area contributed by atoms with Crippen LogP contribution in [0.15, 0.2) is 42.6 Å². The number of aromatic carboxylic acids is 1. The van der Waals surface area contributed by atoms with E-state index in [0.29, 0.717) is 22.6 Å². The van der Waals surface area contributed by atoms with Crippen molar-refractivity contribution in [3.05, 3.63) is 59.4 Å². The number of methoxy groups -OCH3 is 2. The quantitative estimate of drug-likeness (QED) is 0.443. The molecule has 9 nitrogen and oxygen atoms in total. The highest BCUT2D eigenvalue weighted by Crippen LogP contribution is 2.35. The maximum absolute atomic E-state index is 13.5. The highest BCUT2D eigenvalue weighted by molar-refractivity contribution is 6.18. The summed E-state index contributed by atoms with van der Waals surface area (Å²) in [6.45, 7) is 6.98. The second kappa shape index (κ2) is 10.0. The summed E-state index contributed by atoms with van der Waals surface area (Å²) in [5.41, 5.74) is -0.953. The summed E-state index contributed by atoms with van der Waals surface area (Å²) in [7, 11) is 2.88. The van der Waals surface area contributed by atoms with E-state index in [0.717, 1.165) is 6.20 Å². The second-order valence-electron chi connectivity index (χ2n) is 8.68. The predicted molar refractivity (Wildman–Crippen MR) is 130 cm³/mol. The van der Waals surface area contributed by atoms with Crippen LogP contribution in [0.4, 0.5) is 0 Å². The molecule has 0 aliphatic rings. The summed E-state index contributed by atoms with van der Waals surface area (Å²) in [6, 6.07) is 9.38. The first-order valence-corrected chi connectivity index (χ1v) is 10.9. The highest BCUT2D eigenvalue weighted by atomic mass is 16.5. The Morgan fingerprint density at radius 2 is 1.63 bits per heavy atom. The molecule has 0 spiro atoms. The Morgan fingerprint density at radius 1 is 1.00 bits per heavy atom. The number of carbonyl (C=O) groups is 3. The molecule has 2 N–H and O–H groups in total. The fourth-order valence-corrected chi connectivity index (χ4v) is 3.53. The lowest BCUT2D eigenvalue weighted by molar-refractivity contribution is -0.134. The average molecular weight is 481 g/mol. The van der Waals surface area contributed by atoms with Gasteiger partial charge in [-0.1, -0.05) is 12.1 Å². The molecule has 9 heteroatoms. The minimum Gasteiger partial charge on any atom is -0.493 e. The first-order valence-electron chi connectivity index (χ1n) is 10.9. The normalized spacial score (nSPS) is 11.3. The van der Waals surface area contributed by atoms with Crippen molar-refractivity contribution < 1.29 is 33.7 Å². The predicted octanol–water partition coefficient (Wildman–Crippen LogP) is 3.86. The Hall–Kier alpha value is -4.14. The number of carbonyl (C=O) groups excluding carboxylic acids is 2. The van der Waals surface area contributed by atoms with Gasteiger partial charge in [-0.15, -0.1) is 0 Å². The van der Waals surface area contributed by atoms with Crippen LogP contribution in [0, 0.1) is 0 Å². The van der Waals surface area contributed by atoms with Gasteiger partial charge in [-0.3, -0.25) is 14.6 Å². The maximum atomic E-state index is 13.5. The largest absolute Gasteiger partial charge is 0.493 e. The molecule has 0 aliphatic heterocycles. The van der Waals surface area contributed by atoms with Crippen LogP contribution in [0.3, 0.4) is 0 Å². The second-order valence-corrected chi connectivity index (χ2v) is 8.68. The van der Waals surface area contributed by atoms with Crippen LogP contribution >= 0.6 is 0 Å². The van der Waals surface area contributed by atoms with Crippen molar-refractivity contribution in [1.29, 1.82) is 0 Å². The molecular formula is C26H28N2O7. The van der Waals surface area contributed by atoms with Crippen LogP contribution in [-0.4, -0.2) is 53.6 Å². The van der Waals surface area contributed by atoms with Crippen LogP contribution in [0.2, 0.25) is 0 Å². The molecule has 3 rings (SSSR count). The number of pyridine rings is 1. The maximum Gasteiger partial charge on any atom is 0.337 e. The number of rotatable bonds is 9. The number of ketones is 1. The topological polar surface area (TPSA) is 124 Å². The molecule has 0 radical (unpaired) electrons. The Kier molecular flexibility index (Phi) is 7.28. The van der Waals surface area contributed by atoms with Crippen molar-refractivity contribution in [2.45, 2.75) is 39.3 Å². The third-order valence-corrected chi connectivity index (χ3v) is 5.27. The van der Waals surface area contributed by atoms with Crippen molar-refractivity contribution in [3.63, 3.8) is 0 Å². The number of nitrogens with zero attached hydrogens (tertiary/aromatic N) is 1. The van der Waals surface area contributed by atoms with Gasteiger partial charge < -0.3 is 24.6 Å². The SMILES string of the molecule is COc1cc2c(C(=O)O)cnc(C(=O)c3cccc(OC(C)(C)C(=O)NC(C)C)c3)c2cc1OC. The van der Waals surface area contributed by atoms with E-state index in [1.54, 1.807) is 32.0 Å². The van der Waals surface area contributed by atoms with Crippen LogP contribution in [0.1, 0.15) is 54.1 Å². The van der Waals surface area contributed by atoms with E-state index in [1.165, 1.54) is 32.4 Å². The number of fused-ring (bicyclic) bond motifs is 1. The number of hydrogen-bond donors (Lipinski definition) is 2. The molecule has 0 aliphatic carbocycles. The molecule has 0 atom stereocenters. The zero-order valence-corrected chi connectivity index (χ0v) is 20.5. The first kappa shape index (κ1) is 25.5. The van der Waals surface area contributed by atoms with Gasteiger partial charge in [0.25, 0.3) is 5.91 Å². The molecular weight excluding hydrogens is 452 g/mol. The van der Waals surface area contributed by atoms with E-state index in [9.17, 15) is 19.5 Å². The zero-order chi connectivity index (χ0) is 25.9. The van der Waals surface area contributed by atoms with E-state index < -0.39 is 17.4 Å². The summed E-state index contributed by atoms with van der Waals surface area (Å²) in [4.78, 5) is 41.9. The van der Waals surface area contributed by atoms with Gasteiger partial charge in [0, 0.05) is 28.6 Å². The Bertz CT molecular complexity index is 1300. The van der Waals surface area contributed by atoms with Gasteiger partial charge in [-0.2, -0.15) is 0 Å². The van der Waals surface area contributed by atoms with Gasteiger partial charge in [0.2, 0.25) is 5.78 Å². The number of benzene rings is 2. The van der Waals surface area contributed by atoms with E-state index >= 15 is 0 Å². The minimum atomic E-state index is -1.19. The summed E-state index contributed by atoms with van der Waals surface area (Å²) in [5, 5.41) is 13.0. The average Bonchev–Trinajstić information content (AvgIpc) is 2.81. The molecule has 2 aromatic carbocycles. The van der Waals surface area contributed by atoms with Crippen molar-refractivity contribution in [2.24, 2.45) is 0 Å². The smallest absolute Gasteiger partial charge is 0.337 e. The van der Waals surface area contributed by atoms with Crippen molar-refractivity contribution in [2.75, 3.05) is 14.2 Å². The molecule has 3 aromatic rings. The van der Waals surface area contributed by atoms with E-state index in [-0.39, 0.29) is 34.2 Å². The molecule has 1 aromatic heterocycles. The van der Waals surface area contributed by atoms with Gasteiger partial charge in [-0.25, -0.2) is 4.79 Å². The molecule has 0 unspecified atom stereocenters. The Labute approximate surface area is 203 Å². The lowest BCUT2D eigenvalue weighted by Crippen LogP contribution is -2.48. The van der Waals surface area contributed by atoms with Gasteiger partial charge in [0.15, 0.2) is 17.1 Å². The molecule has 0 saturated carbocycles. The lowest BCUT2D eigenvalue weighted by atomic mass is 9.99. The number of aromatic nitrogens is 1. The first-order chi connectivity index (χ1) is 16.5. The van der Waals surface area contributed by atoms with Gasteiger partial charge in [-0.05, 0) is 52.0 Å². The van der Waals surface area contributed by atoms with Crippen molar-refractivity contribution in [1.82, 2.24) is 10.3 Å². The summed E-state index contributed by atoms with van der Waals surface area (Å²) in [6.07, 6.45) is 1.14. The number of hydrogen-bond acceptors (Lipinski definition) is 7. The molecule has 1 heterocycles. The molecule has 184 valence electrons. The van der Waals surface area contributed by atoms with Crippen LogP contribution in [0.5, 0.6) is 17.2 Å². The molecule has 35 heavy (non-hydrogen) atoms. The van der Waals surface area contributed by atoms with E-state index in [4.69, 9.17) is 14.2 Å². The van der Waals surface area contributed by atoms with Crippen molar-refractivity contribution in [3.8, 4) is 17.2 Å². The molecule has 1 amide bonds. The van der Waals surface area contributed by atoms with Crippen LogP contribution in [-0.2, 0) is 4.79 Å². The minimum absolute atomic E-state index is 0.0416. The third-order valence-electron chi connectivity index (χ3n) is 5.27. The fourth-order valence-electron chi connectivity index (χ4n) is 3.53. The molecule has 0 bridgehead atoms. The third kappa shape index (κ3) is 5.34. The van der Waals surface area contributed by atoms with Crippen molar-refractivity contribution >= 4 is 28.4 Å². The standard InChI is InChI=1S/C26H28N2O7/c1-14(2)28-25(32)26(3,4)35-16-9-7-8-15(10-16)23(29)22-18-12-21(34-6)20(33-5)11-17(18)19(13-27-22)24(30)31/h7-14H,1-6H3,(H,28,32)(H,30,31). The fraction of sp³-hybridized carbons (Fsp3) is 0.308. The summed E-state index contributed by atoms with van der Waals surface area (Å²) < 4.78 is 16.5. The van der Waals surface area contributed by atoms with E-state index in [1.807, 2.05) is 13.8 Å². The monoisotopic (exact) mass is 480 g/mol. The zero-order valence-electron chi connectivity index (χ0n) is 20.5. The van der Waals surface area contributed by atoms with Gasteiger partial charge in [0.1, 0.15) is 11.4 Å². The Balaban J connectivity index is 2.06. The number of carboxylic acid groups (broad SMARTS) is 1. The number of amides is 1. The number of carboxylic acids is 1.